The lowest BCUT2D eigenvalue weighted by atomic mass is 10.0. The van der Waals surface area contributed by atoms with Crippen molar-refractivity contribution in [1.29, 1.82) is 0 Å². The van der Waals surface area contributed by atoms with Crippen molar-refractivity contribution in [1.82, 2.24) is 10.2 Å². The highest BCUT2D eigenvalue weighted by Crippen LogP contribution is 2.19. The molecule has 0 aromatic heterocycles. The van der Waals surface area contributed by atoms with Gasteiger partial charge in [-0.3, -0.25) is 9.59 Å². The average Bonchev–Trinajstić information content (AvgIpc) is 2.95. The number of nitrogens with one attached hydrogen (secondary N) is 1. The molecule has 0 heterocycles. The van der Waals surface area contributed by atoms with E-state index in [2.05, 4.69) is 5.32 Å². The van der Waals surface area contributed by atoms with Crippen LogP contribution in [0.5, 0.6) is 5.75 Å². The van der Waals surface area contributed by atoms with Gasteiger partial charge in [-0.25, -0.2) is 4.39 Å². The summed E-state index contributed by atoms with van der Waals surface area (Å²) in [4.78, 5) is 29.1. The molecule has 0 aliphatic heterocycles. The molecule has 0 bridgehead atoms. The molecule has 6 heteroatoms. The monoisotopic (exact) mass is 510 g/mol. The minimum Gasteiger partial charge on any atom is -0.496 e. The Labute approximate surface area is 222 Å². The fourth-order valence-corrected chi connectivity index (χ4v) is 4.36. The Morgan fingerprint density at radius 2 is 1.39 bits per heavy atom. The second-order valence-corrected chi connectivity index (χ2v) is 9.05. The van der Waals surface area contributed by atoms with Crippen LogP contribution in [-0.4, -0.2) is 29.9 Å². The molecule has 0 fully saturated rings. The van der Waals surface area contributed by atoms with E-state index in [9.17, 15) is 14.0 Å². The highest BCUT2D eigenvalue weighted by molar-refractivity contribution is 5.88. The van der Waals surface area contributed by atoms with Crippen LogP contribution >= 0.6 is 0 Å². The molecule has 0 aliphatic carbocycles. The normalized spacial score (nSPS) is 11.4. The molecule has 0 spiro atoms. The number of amides is 2. The fourth-order valence-electron chi connectivity index (χ4n) is 4.36. The average molecular weight is 511 g/mol. The molecule has 0 unspecified atom stereocenters. The van der Waals surface area contributed by atoms with Gasteiger partial charge in [0.05, 0.1) is 13.5 Å². The highest BCUT2D eigenvalue weighted by Gasteiger charge is 2.30. The Morgan fingerprint density at radius 3 is 2.05 bits per heavy atom. The summed E-state index contributed by atoms with van der Waals surface area (Å²) < 4.78 is 19.0. The van der Waals surface area contributed by atoms with Gasteiger partial charge >= 0.3 is 0 Å². The van der Waals surface area contributed by atoms with Crippen LogP contribution in [0, 0.1) is 5.82 Å². The van der Waals surface area contributed by atoms with E-state index >= 15 is 0 Å². The summed E-state index contributed by atoms with van der Waals surface area (Å²) in [5.74, 6) is -0.140. The second kappa shape index (κ2) is 13.2. The minimum atomic E-state index is -0.784. The van der Waals surface area contributed by atoms with Crippen LogP contribution in [-0.2, 0) is 35.5 Å². The Balaban J connectivity index is 1.65. The Morgan fingerprint density at radius 1 is 0.789 bits per heavy atom. The van der Waals surface area contributed by atoms with Gasteiger partial charge in [0.25, 0.3) is 0 Å². The van der Waals surface area contributed by atoms with E-state index in [4.69, 9.17) is 4.74 Å². The van der Waals surface area contributed by atoms with Crippen LogP contribution in [0.15, 0.2) is 109 Å². The van der Waals surface area contributed by atoms with Crippen LogP contribution in [0.2, 0.25) is 0 Å². The number of benzene rings is 4. The predicted octanol–water partition coefficient (Wildman–Crippen LogP) is 5.33. The third-order valence-electron chi connectivity index (χ3n) is 6.38. The van der Waals surface area contributed by atoms with Crippen molar-refractivity contribution in [2.75, 3.05) is 7.11 Å². The third-order valence-corrected chi connectivity index (χ3v) is 6.38. The first-order valence-corrected chi connectivity index (χ1v) is 12.5. The minimum absolute atomic E-state index is 0.146. The van der Waals surface area contributed by atoms with Gasteiger partial charge in [0.1, 0.15) is 17.6 Å². The number of carbonyl (C=O) groups is 2. The molecule has 1 N–H and O–H groups in total. The van der Waals surface area contributed by atoms with Crippen LogP contribution in [0.4, 0.5) is 4.39 Å². The van der Waals surface area contributed by atoms with Crippen molar-refractivity contribution in [3.8, 4) is 5.75 Å². The van der Waals surface area contributed by atoms with Crippen LogP contribution in [0.3, 0.4) is 0 Å². The van der Waals surface area contributed by atoms with E-state index in [0.717, 1.165) is 22.3 Å². The fraction of sp³-hybridized carbons (Fsp3) is 0.188. The number of para-hydroxylation sites is 1. The third kappa shape index (κ3) is 7.29. The van der Waals surface area contributed by atoms with Gasteiger partial charge in [-0.2, -0.15) is 0 Å². The van der Waals surface area contributed by atoms with E-state index in [1.807, 2.05) is 84.9 Å². The molecule has 5 nitrogen and oxygen atoms in total. The zero-order chi connectivity index (χ0) is 26.7. The first-order valence-electron chi connectivity index (χ1n) is 12.5. The van der Waals surface area contributed by atoms with Gasteiger partial charge in [0.15, 0.2) is 0 Å². The van der Waals surface area contributed by atoms with E-state index in [-0.39, 0.29) is 37.1 Å². The first kappa shape index (κ1) is 26.6. The molecule has 4 rings (SSSR count). The number of halogens is 1. The lowest BCUT2D eigenvalue weighted by molar-refractivity contribution is -0.140. The standard InChI is InChI=1S/C32H31FN2O3/c1-38-30-15-9-8-14-27(30)22-34-32(37)29(20-24-10-4-2-5-11-24)35(23-26-16-18-28(33)19-17-26)31(36)21-25-12-6-3-7-13-25/h2-19,29H,20-23H2,1H3,(H,34,37)/t29-/m0/s1. The van der Waals surface area contributed by atoms with Crippen molar-refractivity contribution < 1.29 is 18.7 Å². The number of carbonyl (C=O) groups excluding carboxylic acids is 2. The lowest BCUT2D eigenvalue weighted by Gasteiger charge is -2.32. The quantitative estimate of drug-likeness (QED) is 0.297. The zero-order valence-electron chi connectivity index (χ0n) is 21.3. The zero-order valence-corrected chi connectivity index (χ0v) is 21.3. The molecule has 4 aromatic carbocycles. The molecule has 38 heavy (non-hydrogen) atoms. The van der Waals surface area contributed by atoms with Gasteiger partial charge < -0.3 is 15.0 Å². The van der Waals surface area contributed by atoms with Crippen LogP contribution in [0.25, 0.3) is 0 Å². The van der Waals surface area contributed by atoms with Gasteiger partial charge in [0, 0.05) is 25.1 Å². The molecular formula is C32H31FN2O3. The van der Waals surface area contributed by atoms with Crippen molar-refractivity contribution in [2.24, 2.45) is 0 Å². The molecule has 194 valence electrons. The number of nitrogens with zero attached hydrogens (tertiary/aromatic N) is 1. The number of hydrogen-bond donors (Lipinski definition) is 1. The molecule has 2 amide bonds. The largest absolute Gasteiger partial charge is 0.496 e. The molecule has 4 aromatic rings. The summed E-state index contributed by atoms with van der Waals surface area (Å²) in [6.07, 6.45) is 0.480. The van der Waals surface area contributed by atoms with E-state index in [1.54, 1.807) is 24.1 Å². The summed E-state index contributed by atoms with van der Waals surface area (Å²) >= 11 is 0. The summed E-state index contributed by atoms with van der Waals surface area (Å²) in [7, 11) is 1.59. The molecule has 1 atom stereocenters. The number of hydrogen-bond acceptors (Lipinski definition) is 3. The summed E-state index contributed by atoms with van der Waals surface area (Å²) in [6, 6.07) is 31.8. The SMILES string of the molecule is COc1ccccc1CNC(=O)[C@H](Cc1ccccc1)N(Cc1ccc(F)cc1)C(=O)Cc1ccccc1. The first-order chi connectivity index (χ1) is 18.5. The lowest BCUT2D eigenvalue weighted by Crippen LogP contribution is -2.50. The Kier molecular flexibility index (Phi) is 9.24. The molecule has 0 radical (unpaired) electrons. The van der Waals surface area contributed by atoms with Crippen molar-refractivity contribution in [2.45, 2.75) is 32.0 Å². The molecule has 0 saturated carbocycles. The van der Waals surface area contributed by atoms with Crippen LogP contribution < -0.4 is 10.1 Å². The number of ether oxygens (including phenoxy) is 1. The van der Waals surface area contributed by atoms with E-state index in [0.29, 0.717) is 12.2 Å². The maximum absolute atomic E-state index is 13.8. The molecule has 0 aliphatic rings. The Hall–Kier alpha value is -4.45. The van der Waals surface area contributed by atoms with E-state index in [1.165, 1.54) is 12.1 Å². The summed E-state index contributed by atoms with van der Waals surface area (Å²) in [6.45, 7) is 0.428. The van der Waals surface area contributed by atoms with E-state index < -0.39 is 6.04 Å². The number of methoxy groups -OCH3 is 1. The van der Waals surface area contributed by atoms with Crippen LogP contribution in [0.1, 0.15) is 22.3 Å². The summed E-state index contributed by atoms with van der Waals surface area (Å²) in [5, 5.41) is 3.02. The maximum Gasteiger partial charge on any atom is 0.243 e. The maximum atomic E-state index is 13.8. The van der Waals surface area contributed by atoms with Gasteiger partial charge in [0.2, 0.25) is 11.8 Å². The highest BCUT2D eigenvalue weighted by atomic mass is 19.1. The van der Waals surface area contributed by atoms with Crippen molar-refractivity contribution in [3.05, 3.63) is 137 Å². The van der Waals surface area contributed by atoms with Gasteiger partial charge in [-0.1, -0.05) is 91.0 Å². The van der Waals surface area contributed by atoms with Crippen molar-refractivity contribution >= 4 is 11.8 Å². The van der Waals surface area contributed by atoms with Gasteiger partial charge in [-0.15, -0.1) is 0 Å². The molecular weight excluding hydrogens is 479 g/mol. The second-order valence-electron chi connectivity index (χ2n) is 9.05. The molecule has 0 saturated heterocycles. The number of rotatable bonds is 11. The summed E-state index contributed by atoms with van der Waals surface area (Å²) in [5.41, 5.74) is 3.36. The predicted molar refractivity (Wildman–Crippen MR) is 146 cm³/mol. The van der Waals surface area contributed by atoms with Gasteiger partial charge in [-0.05, 0) is 34.9 Å². The smallest absolute Gasteiger partial charge is 0.243 e. The van der Waals surface area contributed by atoms with Crippen molar-refractivity contribution in [3.63, 3.8) is 0 Å². The Bertz CT molecular complexity index is 1330. The topological polar surface area (TPSA) is 58.6 Å².